The number of hydrogen-bond donors (Lipinski definition) is 2. The van der Waals surface area contributed by atoms with Crippen molar-refractivity contribution < 1.29 is 9.66 Å². The van der Waals surface area contributed by atoms with E-state index in [9.17, 15) is 10.1 Å². The Hall–Kier alpha value is -2.15. The minimum Gasteiger partial charge on any atom is -0.383 e. The average molecular weight is 280 g/mol. The Morgan fingerprint density at radius 1 is 1.50 bits per heavy atom. The van der Waals surface area contributed by atoms with Gasteiger partial charge in [0.15, 0.2) is 5.96 Å². The van der Waals surface area contributed by atoms with Gasteiger partial charge in [0.1, 0.15) is 0 Å². The highest BCUT2D eigenvalue weighted by Crippen LogP contribution is 2.16. The standard InChI is InChI=1S/C13H20N4O3/c1-10(9-20-3)16-13(14-2)15-8-11-6-4-5-7-12(11)17(18)19/h4-7,10H,8-9H2,1-3H3,(H2,14,15,16). The lowest BCUT2D eigenvalue weighted by Crippen LogP contribution is -2.43. The Balaban J connectivity index is 2.63. The number of aliphatic imine (C=N–C) groups is 1. The zero-order valence-corrected chi connectivity index (χ0v) is 11.9. The van der Waals surface area contributed by atoms with Gasteiger partial charge in [-0.2, -0.15) is 0 Å². The van der Waals surface area contributed by atoms with Crippen LogP contribution in [0.15, 0.2) is 29.3 Å². The van der Waals surface area contributed by atoms with Crippen molar-refractivity contribution in [3.05, 3.63) is 39.9 Å². The molecule has 1 unspecified atom stereocenters. The van der Waals surface area contributed by atoms with E-state index in [0.29, 0.717) is 24.7 Å². The predicted octanol–water partition coefficient (Wildman–Crippen LogP) is 1.29. The molecule has 2 N–H and O–H groups in total. The third-order valence-corrected chi connectivity index (χ3v) is 2.66. The number of nitrogens with zero attached hydrogens (tertiary/aromatic N) is 2. The molecule has 0 radical (unpaired) electrons. The summed E-state index contributed by atoms with van der Waals surface area (Å²) in [5.41, 5.74) is 0.709. The van der Waals surface area contributed by atoms with Crippen LogP contribution in [-0.2, 0) is 11.3 Å². The Kier molecular flexibility index (Phi) is 6.45. The molecule has 1 aromatic carbocycles. The van der Waals surface area contributed by atoms with Crippen molar-refractivity contribution in [1.82, 2.24) is 10.6 Å². The quantitative estimate of drug-likeness (QED) is 0.355. The van der Waals surface area contributed by atoms with Gasteiger partial charge in [0.25, 0.3) is 5.69 Å². The molecule has 0 aliphatic carbocycles. The first-order chi connectivity index (χ1) is 9.58. The fourth-order valence-corrected chi connectivity index (χ4v) is 1.74. The van der Waals surface area contributed by atoms with Gasteiger partial charge < -0.3 is 15.4 Å². The maximum Gasteiger partial charge on any atom is 0.274 e. The second-order valence-electron chi connectivity index (χ2n) is 4.31. The predicted molar refractivity (Wildman–Crippen MR) is 77.8 cm³/mol. The number of methoxy groups -OCH3 is 1. The molecule has 20 heavy (non-hydrogen) atoms. The van der Waals surface area contributed by atoms with Crippen LogP contribution in [0.5, 0.6) is 0 Å². The number of nitro benzene ring substituents is 1. The normalized spacial score (nSPS) is 12.8. The first-order valence-corrected chi connectivity index (χ1v) is 6.27. The summed E-state index contributed by atoms with van der Waals surface area (Å²) in [5, 5.41) is 17.1. The smallest absolute Gasteiger partial charge is 0.274 e. The molecular formula is C13H20N4O3. The van der Waals surface area contributed by atoms with E-state index in [1.807, 2.05) is 6.92 Å². The first kappa shape index (κ1) is 15.9. The molecule has 0 aliphatic rings. The van der Waals surface area contributed by atoms with Gasteiger partial charge in [-0.25, -0.2) is 0 Å². The van der Waals surface area contributed by atoms with Crippen molar-refractivity contribution >= 4 is 11.6 Å². The fraction of sp³-hybridized carbons (Fsp3) is 0.462. The first-order valence-electron chi connectivity index (χ1n) is 6.27. The van der Waals surface area contributed by atoms with Crippen LogP contribution in [-0.4, -0.2) is 37.7 Å². The van der Waals surface area contributed by atoms with Crippen molar-refractivity contribution in [2.24, 2.45) is 4.99 Å². The summed E-state index contributed by atoms with van der Waals surface area (Å²) in [5.74, 6) is 0.577. The molecule has 0 aromatic heterocycles. The number of nitrogens with one attached hydrogen (secondary N) is 2. The molecule has 0 saturated carbocycles. The second kappa shape index (κ2) is 8.11. The second-order valence-corrected chi connectivity index (χ2v) is 4.31. The molecule has 1 rings (SSSR count). The lowest BCUT2D eigenvalue weighted by molar-refractivity contribution is -0.385. The van der Waals surface area contributed by atoms with Crippen molar-refractivity contribution in [3.63, 3.8) is 0 Å². The molecule has 7 nitrogen and oxygen atoms in total. The van der Waals surface area contributed by atoms with Gasteiger partial charge in [-0.3, -0.25) is 15.1 Å². The van der Waals surface area contributed by atoms with Crippen molar-refractivity contribution in [3.8, 4) is 0 Å². The van der Waals surface area contributed by atoms with Gasteiger partial charge in [-0.15, -0.1) is 0 Å². The number of rotatable bonds is 6. The van der Waals surface area contributed by atoms with Crippen molar-refractivity contribution in [2.75, 3.05) is 20.8 Å². The number of nitro groups is 1. The third-order valence-electron chi connectivity index (χ3n) is 2.66. The molecule has 0 bridgehead atoms. The molecular weight excluding hydrogens is 260 g/mol. The number of guanidine groups is 1. The monoisotopic (exact) mass is 280 g/mol. The molecule has 0 spiro atoms. The topological polar surface area (TPSA) is 88.8 Å². The molecule has 110 valence electrons. The summed E-state index contributed by atoms with van der Waals surface area (Å²) < 4.78 is 5.03. The molecule has 0 aliphatic heterocycles. The summed E-state index contributed by atoms with van der Waals surface area (Å²) in [6, 6.07) is 6.72. The van der Waals surface area contributed by atoms with E-state index in [4.69, 9.17) is 4.74 Å². The molecule has 0 fully saturated rings. The summed E-state index contributed by atoms with van der Waals surface area (Å²) in [6.45, 7) is 2.84. The zero-order chi connectivity index (χ0) is 15.0. The van der Waals surface area contributed by atoms with Gasteiger partial charge in [-0.05, 0) is 6.92 Å². The minimum absolute atomic E-state index is 0.0944. The summed E-state index contributed by atoms with van der Waals surface area (Å²) >= 11 is 0. The highest BCUT2D eigenvalue weighted by molar-refractivity contribution is 5.80. The van der Waals surface area contributed by atoms with Gasteiger partial charge in [0, 0.05) is 38.4 Å². The van der Waals surface area contributed by atoms with Crippen LogP contribution >= 0.6 is 0 Å². The number of ether oxygens (including phenoxy) is 1. The molecule has 1 aromatic rings. The lowest BCUT2D eigenvalue weighted by atomic mass is 10.2. The maximum atomic E-state index is 10.9. The van der Waals surface area contributed by atoms with E-state index < -0.39 is 0 Å². The van der Waals surface area contributed by atoms with Gasteiger partial charge in [0.05, 0.1) is 11.5 Å². The maximum absolute atomic E-state index is 10.9. The number of para-hydroxylation sites is 1. The molecule has 7 heteroatoms. The molecule has 0 amide bonds. The van der Waals surface area contributed by atoms with Crippen LogP contribution in [0.25, 0.3) is 0 Å². The van der Waals surface area contributed by atoms with E-state index >= 15 is 0 Å². The largest absolute Gasteiger partial charge is 0.383 e. The Bertz CT molecular complexity index is 476. The molecule has 1 atom stereocenters. The van der Waals surface area contributed by atoms with Crippen LogP contribution in [0, 0.1) is 10.1 Å². The highest BCUT2D eigenvalue weighted by Gasteiger charge is 2.12. The van der Waals surface area contributed by atoms with E-state index in [0.717, 1.165) is 0 Å². The van der Waals surface area contributed by atoms with Crippen molar-refractivity contribution in [1.29, 1.82) is 0 Å². The van der Waals surface area contributed by atoms with Crippen LogP contribution in [0.4, 0.5) is 5.69 Å². The lowest BCUT2D eigenvalue weighted by Gasteiger charge is -2.17. The Morgan fingerprint density at radius 2 is 2.20 bits per heavy atom. The number of benzene rings is 1. The minimum atomic E-state index is -0.388. The molecule has 0 saturated heterocycles. The zero-order valence-electron chi connectivity index (χ0n) is 11.9. The van der Waals surface area contributed by atoms with Crippen LogP contribution < -0.4 is 10.6 Å². The average Bonchev–Trinajstić information content (AvgIpc) is 2.43. The fourth-order valence-electron chi connectivity index (χ4n) is 1.74. The Morgan fingerprint density at radius 3 is 2.80 bits per heavy atom. The van der Waals surface area contributed by atoms with E-state index in [1.54, 1.807) is 32.4 Å². The highest BCUT2D eigenvalue weighted by atomic mass is 16.6. The van der Waals surface area contributed by atoms with Crippen LogP contribution in [0.2, 0.25) is 0 Å². The molecule has 0 heterocycles. The summed E-state index contributed by atoms with van der Waals surface area (Å²) in [4.78, 5) is 14.6. The van der Waals surface area contributed by atoms with E-state index in [1.165, 1.54) is 6.07 Å². The SMILES string of the molecule is CN=C(NCc1ccccc1[N+](=O)[O-])NC(C)COC. The third kappa shape index (κ3) is 4.85. The summed E-state index contributed by atoms with van der Waals surface area (Å²) in [7, 11) is 3.27. The van der Waals surface area contributed by atoms with Crippen LogP contribution in [0.3, 0.4) is 0 Å². The van der Waals surface area contributed by atoms with E-state index in [2.05, 4.69) is 15.6 Å². The van der Waals surface area contributed by atoms with Crippen molar-refractivity contribution in [2.45, 2.75) is 19.5 Å². The van der Waals surface area contributed by atoms with Gasteiger partial charge >= 0.3 is 0 Å². The van der Waals surface area contributed by atoms with Gasteiger partial charge in [-0.1, -0.05) is 18.2 Å². The number of hydrogen-bond acceptors (Lipinski definition) is 4. The van der Waals surface area contributed by atoms with Crippen LogP contribution in [0.1, 0.15) is 12.5 Å². The summed E-state index contributed by atoms with van der Waals surface area (Å²) in [6.07, 6.45) is 0. The van der Waals surface area contributed by atoms with E-state index in [-0.39, 0.29) is 16.7 Å². The van der Waals surface area contributed by atoms with Gasteiger partial charge in [0.2, 0.25) is 0 Å². The Labute approximate surface area is 118 Å².